The van der Waals surface area contributed by atoms with Crippen LogP contribution < -0.4 is 9.47 Å². The summed E-state index contributed by atoms with van der Waals surface area (Å²) in [7, 11) is 1.65. The Kier molecular flexibility index (Phi) is 5.79. The van der Waals surface area contributed by atoms with Gasteiger partial charge in [0, 0.05) is 25.0 Å². The number of pyridine rings is 1. The minimum atomic E-state index is -0.150. The highest BCUT2D eigenvalue weighted by atomic mass is 16.5. The van der Waals surface area contributed by atoms with Crippen molar-refractivity contribution in [2.75, 3.05) is 13.7 Å². The zero-order chi connectivity index (χ0) is 19.3. The molecule has 0 unspecified atom stereocenters. The molecule has 0 spiro atoms. The van der Waals surface area contributed by atoms with Gasteiger partial charge in [-0.2, -0.15) is 0 Å². The number of amides is 1. The number of methoxy groups -OCH3 is 1. The summed E-state index contributed by atoms with van der Waals surface area (Å²) in [6.07, 6.45) is 10.1. The van der Waals surface area contributed by atoms with Gasteiger partial charge in [0.2, 0.25) is 5.91 Å². The SMILES string of the molecule is COc1cccc2c1OC[C@@H](C(=O)N(Cc1ccncc1)C1CCCCC1)C2. The minimum absolute atomic E-state index is 0.150. The van der Waals surface area contributed by atoms with Crippen LogP contribution in [0.2, 0.25) is 0 Å². The van der Waals surface area contributed by atoms with Crippen LogP contribution in [0.15, 0.2) is 42.7 Å². The lowest BCUT2D eigenvalue weighted by atomic mass is 9.90. The number of hydrogen-bond donors (Lipinski definition) is 0. The van der Waals surface area contributed by atoms with Crippen LogP contribution in [0.4, 0.5) is 0 Å². The number of ether oxygens (including phenoxy) is 2. The Labute approximate surface area is 166 Å². The van der Waals surface area contributed by atoms with Crippen LogP contribution in [0, 0.1) is 5.92 Å². The van der Waals surface area contributed by atoms with Crippen LogP contribution in [0.1, 0.15) is 43.2 Å². The van der Waals surface area contributed by atoms with E-state index in [9.17, 15) is 4.79 Å². The maximum atomic E-state index is 13.6. The molecule has 1 saturated carbocycles. The lowest BCUT2D eigenvalue weighted by molar-refractivity contribution is -0.140. The van der Waals surface area contributed by atoms with Crippen LogP contribution in [0.3, 0.4) is 0 Å². The molecule has 0 bridgehead atoms. The first-order chi connectivity index (χ1) is 13.8. The summed E-state index contributed by atoms with van der Waals surface area (Å²) in [4.78, 5) is 19.8. The first-order valence-corrected chi connectivity index (χ1v) is 10.2. The van der Waals surface area contributed by atoms with Crippen molar-refractivity contribution in [2.24, 2.45) is 5.92 Å². The molecule has 1 fully saturated rings. The summed E-state index contributed by atoms with van der Waals surface area (Å²) in [5.74, 6) is 1.58. The first-order valence-electron chi connectivity index (χ1n) is 10.2. The Balaban J connectivity index is 1.54. The average molecular weight is 380 g/mol. The van der Waals surface area contributed by atoms with E-state index in [1.54, 1.807) is 19.5 Å². The molecule has 28 heavy (non-hydrogen) atoms. The molecule has 0 saturated heterocycles. The summed E-state index contributed by atoms with van der Waals surface area (Å²) in [6.45, 7) is 1.05. The van der Waals surface area contributed by atoms with Crippen molar-refractivity contribution < 1.29 is 14.3 Å². The standard InChI is InChI=1S/C23H28N2O3/c1-27-21-9-5-6-18-14-19(16-28-22(18)21)23(26)25(20-7-3-2-4-8-20)15-17-10-12-24-13-11-17/h5-6,9-13,19-20H,2-4,7-8,14-16H2,1H3/t19-/m0/s1. The van der Waals surface area contributed by atoms with Crippen LogP contribution in [0.5, 0.6) is 11.5 Å². The Bertz CT molecular complexity index is 803. The Hall–Kier alpha value is -2.56. The van der Waals surface area contributed by atoms with Crippen molar-refractivity contribution in [2.45, 2.75) is 51.1 Å². The van der Waals surface area contributed by atoms with Crippen LogP contribution in [-0.4, -0.2) is 35.5 Å². The summed E-state index contributed by atoms with van der Waals surface area (Å²) in [5.41, 5.74) is 2.18. The monoisotopic (exact) mass is 380 g/mol. The number of carbonyl (C=O) groups is 1. The van der Waals surface area contributed by atoms with Crippen LogP contribution in [-0.2, 0) is 17.8 Å². The molecule has 1 aliphatic carbocycles. The van der Waals surface area contributed by atoms with Crippen LogP contribution >= 0.6 is 0 Å². The summed E-state index contributed by atoms with van der Waals surface area (Å²) in [5, 5.41) is 0. The van der Waals surface area contributed by atoms with Crippen molar-refractivity contribution in [1.29, 1.82) is 0 Å². The number of hydrogen-bond acceptors (Lipinski definition) is 4. The predicted octanol–water partition coefficient (Wildman–Crippen LogP) is 4.00. The van der Waals surface area contributed by atoms with Crippen molar-refractivity contribution in [3.63, 3.8) is 0 Å². The van der Waals surface area contributed by atoms with E-state index >= 15 is 0 Å². The maximum Gasteiger partial charge on any atom is 0.230 e. The van der Waals surface area contributed by atoms with Crippen LogP contribution in [0.25, 0.3) is 0 Å². The number of fused-ring (bicyclic) bond motifs is 1. The van der Waals surface area contributed by atoms with E-state index in [1.165, 1.54) is 19.3 Å². The van der Waals surface area contributed by atoms with Gasteiger partial charge in [0.1, 0.15) is 6.61 Å². The fourth-order valence-corrected chi connectivity index (χ4v) is 4.41. The highest BCUT2D eigenvalue weighted by molar-refractivity contribution is 5.80. The van der Waals surface area contributed by atoms with Gasteiger partial charge < -0.3 is 14.4 Å². The average Bonchev–Trinajstić information content (AvgIpc) is 2.77. The van der Waals surface area contributed by atoms with Gasteiger partial charge in [-0.15, -0.1) is 0 Å². The quantitative estimate of drug-likeness (QED) is 0.787. The molecule has 4 rings (SSSR count). The second-order valence-electron chi connectivity index (χ2n) is 7.77. The van der Waals surface area contributed by atoms with Crippen molar-refractivity contribution in [3.05, 3.63) is 53.9 Å². The van der Waals surface area contributed by atoms with Gasteiger partial charge in [-0.05, 0) is 48.6 Å². The molecule has 1 atom stereocenters. The molecule has 2 heterocycles. The number of aromatic nitrogens is 1. The second-order valence-corrected chi connectivity index (χ2v) is 7.77. The molecule has 0 radical (unpaired) electrons. The van der Waals surface area contributed by atoms with E-state index in [-0.39, 0.29) is 11.8 Å². The molecule has 1 aliphatic heterocycles. The van der Waals surface area contributed by atoms with Gasteiger partial charge in [0.25, 0.3) is 0 Å². The smallest absolute Gasteiger partial charge is 0.230 e. The van der Waals surface area contributed by atoms with Gasteiger partial charge in [-0.1, -0.05) is 31.4 Å². The van der Waals surface area contributed by atoms with E-state index in [1.807, 2.05) is 30.3 Å². The van der Waals surface area contributed by atoms with Crippen molar-refractivity contribution in [3.8, 4) is 11.5 Å². The van der Waals surface area contributed by atoms with Gasteiger partial charge in [0.05, 0.1) is 13.0 Å². The first kappa shape index (κ1) is 18.8. The molecule has 1 amide bonds. The molecule has 2 aliphatic rings. The highest BCUT2D eigenvalue weighted by Gasteiger charge is 2.34. The summed E-state index contributed by atoms with van der Waals surface area (Å²) >= 11 is 0. The third kappa shape index (κ3) is 3.98. The van der Waals surface area contributed by atoms with Gasteiger partial charge >= 0.3 is 0 Å². The number of nitrogens with zero attached hydrogens (tertiary/aromatic N) is 2. The largest absolute Gasteiger partial charge is 0.493 e. The zero-order valence-electron chi connectivity index (χ0n) is 16.5. The lowest BCUT2D eigenvalue weighted by Gasteiger charge is -2.38. The highest BCUT2D eigenvalue weighted by Crippen LogP contribution is 2.37. The molecule has 0 N–H and O–H groups in total. The molecule has 1 aromatic heterocycles. The van der Waals surface area contributed by atoms with E-state index in [0.29, 0.717) is 25.6 Å². The van der Waals surface area contributed by atoms with Gasteiger partial charge in [0.15, 0.2) is 11.5 Å². The molecule has 2 aromatic rings. The zero-order valence-corrected chi connectivity index (χ0v) is 16.5. The molecular weight excluding hydrogens is 352 g/mol. The molecule has 5 heteroatoms. The molecule has 1 aromatic carbocycles. The van der Waals surface area contributed by atoms with E-state index in [2.05, 4.69) is 9.88 Å². The lowest BCUT2D eigenvalue weighted by Crippen LogP contribution is -2.46. The van der Waals surface area contributed by atoms with E-state index < -0.39 is 0 Å². The van der Waals surface area contributed by atoms with E-state index in [0.717, 1.165) is 35.5 Å². The van der Waals surface area contributed by atoms with E-state index in [4.69, 9.17) is 9.47 Å². The molecule has 148 valence electrons. The third-order valence-corrected chi connectivity index (χ3v) is 5.93. The van der Waals surface area contributed by atoms with Crippen molar-refractivity contribution >= 4 is 5.91 Å². The Morgan fingerprint density at radius 3 is 2.71 bits per heavy atom. The minimum Gasteiger partial charge on any atom is -0.493 e. The normalized spacial score (nSPS) is 19.4. The van der Waals surface area contributed by atoms with Gasteiger partial charge in [-0.3, -0.25) is 9.78 Å². The summed E-state index contributed by atoms with van der Waals surface area (Å²) in [6, 6.07) is 10.2. The fraction of sp³-hybridized carbons (Fsp3) is 0.478. The molecule has 5 nitrogen and oxygen atoms in total. The number of benzene rings is 1. The predicted molar refractivity (Wildman–Crippen MR) is 107 cm³/mol. The van der Waals surface area contributed by atoms with Crippen molar-refractivity contribution in [1.82, 2.24) is 9.88 Å². The third-order valence-electron chi connectivity index (χ3n) is 5.93. The molecular formula is C23H28N2O3. The Morgan fingerprint density at radius 2 is 1.96 bits per heavy atom. The maximum absolute atomic E-state index is 13.6. The summed E-state index contributed by atoms with van der Waals surface area (Å²) < 4.78 is 11.4. The number of rotatable bonds is 5. The Morgan fingerprint density at radius 1 is 1.18 bits per heavy atom. The number of para-hydroxylation sites is 1. The van der Waals surface area contributed by atoms with Gasteiger partial charge in [-0.25, -0.2) is 0 Å². The second kappa shape index (κ2) is 8.63. The number of carbonyl (C=O) groups excluding carboxylic acids is 1. The topological polar surface area (TPSA) is 51.7 Å². The fourth-order valence-electron chi connectivity index (χ4n) is 4.41.